The van der Waals surface area contributed by atoms with E-state index in [0.29, 0.717) is 11.3 Å². The molecule has 16 heteroatoms. The highest BCUT2D eigenvalue weighted by Gasteiger charge is 2.39. The lowest BCUT2D eigenvalue weighted by Crippen LogP contribution is -2.56. The number of rotatable bonds is 6. The Morgan fingerprint density at radius 1 is 1.14 bits per heavy atom. The molecule has 0 unspecified atom stereocenters. The van der Waals surface area contributed by atoms with Gasteiger partial charge >= 0.3 is 12.4 Å². The van der Waals surface area contributed by atoms with E-state index < -0.39 is 29.2 Å². The number of aromatic nitrogens is 5. The number of aliphatic hydroxyl groups is 1. The van der Waals surface area contributed by atoms with Crippen molar-refractivity contribution < 1.29 is 36.2 Å². The average Bonchev–Trinajstić information content (AvgIpc) is 3.45. The zero-order chi connectivity index (χ0) is 27.0. The lowest BCUT2D eigenvalue weighted by molar-refractivity contribution is -0.145. The van der Waals surface area contributed by atoms with E-state index in [2.05, 4.69) is 20.1 Å². The number of carbonyl (C=O) groups excluding carboxylic acids is 1. The highest BCUT2D eigenvalue weighted by Crippen LogP contribution is 2.43. The second-order valence-electron chi connectivity index (χ2n) is 8.32. The maximum Gasteiger partial charge on any atom is 0.451 e. The van der Waals surface area contributed by atoms with E-state index in [-0.39, 0.29) is 61.4 Å². The minimum absolute atomic E-state index is 0.0390. The van der Waals surface area contributed by atoms with Gasteiger partial charge in [-0.15, -0.1) is 0 Å². The molecule has 0 bridgehead atoms. The van der Waals surface area contributed by atoms with Crippen LogP contribution in [0.2, 0.25) is 0 Å². The number of alkyl halides is 6. The van der Waals surface area contributed by atoms with Gasteiger partial charge < -0.3 is 14.9 Å². The Hall–Kier alpha value is -3.27. The molecule has 1 fully saturated rings. The van der Waals surface area contributed by atoms with Crippen LogP contribution in [-0.2, 0) is 23.7 Å². The van der Waals surface area contributed by atoms with E-state index in [4.69, 9.17) is 0 Å². The number of amides is 1. The molecule has 200 valence electrons. The molecule has 1 aliphatic heterocycles. The summed E-state index contributed by atoms with van der Waals surface area (Å²) in [4.78, 5) is 26.2. The highest BCUT2D eigenvalue weighted by atomic mass is 32.1. The van der Waals surface area contributed by atoms with Crippen molar-refractivity contribution in [1.29, 1.82) is 0 Å². The first-order valence-electron chi connectivity index (χ1n) is 11.0. The number of nitrogens with zero attached hydrogens (tertiary/aromatic N) is 7. The van der Waals surface area contributed by atoms with Crippen LogP contribution in [0.15, 0.2) is 24.7 Å². The molecule has 1 aliphatic rings. The van der Waals surface area contributed by atoms with Crippen LogP contribution in [0.25, 0.3) is 11.3 Å². The Morgan fingerprint density at radius 3 is 2.41 bits per heavy atom. The molecule has 3 aromatic heterocycles. The predicted octanol–water partition coefficient (Wildman–Crippen LogP) is 3.24. The molecule has 1 amide bonds. The number of halogens is 6. The Balaban J connectivity index is 1.62. The number of hydrogen-bond acceptors (Lipinski definition) is 8. The van der Waals surface area contributed by atoms with Gasteiger partial charge in [-0.3, -0.25) is 9.48 Å². The lowest BCUT2D eigenvalue weighted by Gasteiger charge is -2.42. The zero-order valence-electron chi connectivity index (χ0n) is 19.3. The van der Waals surface area contributed by atoms with Crippen molar-refractivity contribution in [3.8, 4) is 11.3 Å². The molecule has 1 N–H and O–H groups in total. The van der Waals surface area contributed by atoms with E-state index in [0.717, 1.165) is 18.1 Å². The number of carbonyl (C=O) groups is 1. The van der Waals surface area contributed by atoms with Gasteiger partial charge in [-0.1, -0.05) is 11.3 Å². The minimum Gasteiger partial charge on any atom is -0.396 e. The fourth-order valence-corrected chi connectivity index (χ4v) is 4.97. The molecule has 0 radical (unpaired) electrons. The third kappa shape index (κ3) is 6.01. The summed E-state index contributed by atoms with van der Waals surface area (Å²) in [6, 6.07) is 1.21. The van der Waals surface area contributed by atoms with Gasteiger partial charge in [0.2, 0.25) is 16.7 Å². The lowest BCUT2D eigenvalue weighted by atomic mass is 10.1. The number of aliphatic hydroxyl groups excluding tert-OH is 1. The summed E-state index contributed by atoms with van der Waals surface area (Å²) in [5.41, 5.74) is 0.413. The number of hydrogen-bond donors (Lipinski definition) is 1. The zero-order valence-corrected chi connectivity index (χ0v) is 20.1. The molecular formula is C21H21F6N7O2S. The average molecular weight is 550 g/mol. The van der Waals surface area contributed by atoms with E-state index in [1.165, 1.54) is 4.68 Å². The molecule has 0 aromatic carbocycles. The van der Waals surface area contributed by atoms with Gasteiger partial charge in [0, 0.05) is 50.4 Å². The maximum atomic E-state index is 13.5. The summed E-state index contributed by atoms with van der Waals surface area (Å²) in [5.74, 6) is -1.69. The second kappa shape index (κ2) is 10.2. The highest BCUT2D eigenvalue weighted by molar-refractivity contribution is 7.16. The Morgan fingerprint density at radius 2 is 1.84 bits per heavy atom. The summed E-state index contributed by atoms with van der Waals surface area (Å²) in [6.07, 6.45) is -6.20. The topological polar surface area (TPSA) is 100 Å². The molecule has 1 atom stereocenters. The molecule has 4 rings (SSSR count). The summed E-state index contributed by atoms with van der Waals surface area (Å²) in [6.45, 7) is 1.84. The van der Waals surface area contributed by atoms with Crippen LogP contribution in [-0.4, -0.2) is 72.9 Å². The quantitative estimate of drug-likeness (QED) is 0.472. The van der Waals surface area contributed by atoms with Crippen LogP contribution < -0.4 is 4.90 Å². The van der Waals surface area contributed by atoms with E-state index in [1.807, 2.05) is 0 Å². The number of aryl methyl sites for hydroxylation is 1. The first kappa shape index (κ1) is 26.8. The SMILES string of the molecule is Cc1ccn(CC(=O)N2CCN(c3sc(C(F)(F)F)nc3-c3cnc(C(F)(F)F)nc3)C[C@H]2CCO)n1. The summed E-state index contributed by atoms with van der Waals surface area (Å²) < 4.78 is 80.6. The van der Waals surface area contributed by atoms with E-state index in [9.17, 15) is 36.2 Å². The monoisotopic (exact) mass is 549 g/mol. The van der Waals surface area contributed by atoms with Gasteiger partial charge in [-0.05, 0) is 19.4 Å². The number of thiazole rings is 1. The standard InChI is InChI=1S/C21H21F6N7O2S/c1-12-2-4-33(31-12)11-15(36)34-6-5-32(10-14(34)3-7-35)17-16(30-19(37-17)21(25,26)27)13-8-28-18(29-9-13)20(22,23)24/h2,4,8-9,14,35H,3,5-7,10-11H2,1H3/t14-/m1/s1. The summed E-state index contributed by atoms with van der Waals surface area (Å²) >= 11 is 0.345. The fraction of sp³-hybridized carbons (Fsp3) is 0.476. The van der Waals surface area contributed by atoms with Crippen LogP contribution >= 0.6 is 11.3 Å². The smallest absolute Gasteiger partial charge is 0.396 e. The molecular weight excluding hydrogens is 528 g/mol. The van der Waals surface area contributed by atoms with Crippen molar-refractivity contribution in [2.24, 2.45) is 0 Å². The Bertz CT molecular complexity index is 1240. The van der Waals surface area contributed by atoms with Crippen LogP contribution in [0.4, 0.5) is 31.3 Å². The molecule has 0 aliphatic carbocycles. The maximum absolute atomic E-state index is 13.5. The van der Waals surface area contributed by atoms with Gasteiger partial charge in [-0.2, -0.15) is 31.4 Å². The van der Waals surface area contributed by atoms with Crippen LogP contribution in [0.5, 0.6) is 0 Å². The van der Waals surface area contributed by atoms with Crippen molar-refractivity contribution in [3.05, 3.63) is 41.2 Å². The minimum atomic E-state index is -4.81. The third-order valence-electron chi connectivity index (χ3n) is 5.65. The first-order chi connectivity index (χ1) is 17.4. The molecule has 37 heavy (non-hydrogen) atoms. The fourth-order valence-electron chi connectivity index (χ4n) is 3.98. The van der Waals surface area contributed by atoms with Gasteiger partial charge in [0.15, 0.2) is 0 Å². The molecule has 3 aromatic rings. The van der Waals surface area contributed by atoms with Gasteiger partial charge in [0.05, 0.1) is 11.7 Å². The van der Waals surface area contributed by atoms with Crippen LogP contribution in [0, 0.1) is 6.92 Å². The largest absolute Gasteiger partial charge is 0.451 e. The second-order valence-corrected chi connectivity index (χ2v) is 9.30. The van der Waals surface area contributed by atoms with E-state index in [1.54, 1.807) is 29.0 Å². The molecule has 0 spiro atoms. The van der Waals surface area contributed by atoms with Crippen molar-refractivity contribution in [2.45, 2.75) is 38.3 Å². The van der Waals surface area contributed by atoms with Crippen molar-refractivity contribution >= 4 is 22.2 Å². The van der Waals surface area contributed by atoms with Gasteiger partial charge in [-0.25, -0.2) is 15.0 Å². The molecule has 4 heterocycles. The number of anilines is 1. The third-order valence-corrected chi connectivity index (χ3v) is 6.82. The van der Waals surface area contributed by atoms with Crippen LogP contribution in [0.3, 0.4) is 0 Å². The van der Waals surface area contributed by atoms with Crippen LogP contribution in [0.1, 0.15) is 22.9 Å². The Kier molecular flexibility index (Phi) is 7.41. The van der Waals surface area contributed by atoms with Gasteiger partial charge in [0.1, 0.15) is 17.2 Å². The summed E-state index contributed by atoms with van der Waals surface area (Å²) in [7, 11) is 0. The van der Waals surface area contributed by atoms with Crippen molar-refractivity contribution in [2.75, 3.05) is 31.1 Å². The molecule has 0 saturated carbocycles. The van der Waals surface area contributed by atoms with E-state index >= 15 is 0 Å². The molecule has 9 nitrogen and oxygen atoms in total. The molecule has 1 saturated heterocycles. The van der Waals surface area contributed by atoms with Crippen molar-refractivity contribution in [1.82, 2.24) is 29.6 Å². The van der Waals surface area contributed by atoms with Crippen molar-refractivity contribution in [3.63, 3.8) is 0 Å². The van der Waals surface area contributed by atoms with Gasteiger partial charge in [0.25, 0.3) is 0 Å². The first-order valence-corrected chi connectivity index (χ1v) is 11.8. The Labute approximate surface area is 210 Å². The normalized spacial score (nSPS) is 16.9. The summed E-state index contributed by atoms with van der Waals surface area (Å²) in [5, 5.41) is 12.6. The number of piperazine rings is 1. The predicted molar refractivity (Wildman–Crippen MR) is 120 cm³/mol.